The first-order valence-corrected chi connectivity index (χ1v) is 7.29. The molecule has 0 aliphatic carbocycles. The van der Waals surface area contributed by atoms with Crippen molar-refractivity contribution in [3.8, 4) is 11.5 Å². The first-order chi connectivity index (χ1) is 10.2. The molecule has 0 fully saturated rings. The number of nitrogens with zero attached hydrogens (tertiary/aromatic N) is 2. The van der Waals surface area contributed by atoms with Gasteiger partial charge in [-0.2, -0.15) is 0 Å². The van der Waals surface area contributed by atoms with Gasteiger partial charge in [-0.25, -0.2) is 0 Å². The van der Waals surface area contributed by atoms with Crippen LogP contribution in [-0.2, 0) is 6.54 Å². The summed E-state index contributed by atoms with van der Waals surface area (Å²) >= 11 is 0. The molecule has 0 unspecified atom stereocenters. The SMILES string of the molecule is CCCNCc1ccncc1Oc1cccc(N(C)C)c1. The minimum Gasteiger partial charge on any atom is -0.455 e. The van der Waals surface area contributed by atoms with E-state index < -0.39 is 0 Å². The van der Waals surface area contributed by atoms with Crippen molar-refractivity contribution < 1.29 is 4.74 Å². The highest BCUT2D eigenvalue weighted by Gasteiger charge is 2.06. The summed E-state index contributed by atoms with van der Waals surface area (Å²) in [4.78, 5) is 6.22. The molecule has 1 heterocycles. The van der Waals surface area contributed by atoms with Gasteiger partial charge in [0.15, 0.2) is 0 Å². The Balaban J connectivity index is 2.13. The zero-order valence-electron chi connectivity index (χ0n) is 13.0. The molecule has 1 N–H and O–H groups in total. The van der Waals surface area contributed by atoms with Crippen molar-refractivity contribution in [2.45, 2.75) is 19.9 Å². The quantitative estimate of drug-likeness (QED) is 0.791. The Kier molecular flexibility index (Phi) is 5.58. The number of rotatable bonds is 7. The van der Waals surface area contributed by atoms with E-state index in [1.54, 1.807) is 12.4 Å². The molecule has 0 bridgehead atoms. The predicted molar refractivity (Wildman–Crippen MR) is 87.1 cm³/mol. The minimum absolute atomic E-state index is 0.791. The van der Waals surface area contributed by atoms with Crippen LogP contribution in [0.15, 0.2) is 42.7 Å². The topological polar surface area (TPSA) is 37.4 Å². The second-order valence-corrected chi connectivity index (χ2v) is 5.15. The average Bonchev–Trinajstić information content (AvgIpc) is 2.49. The summed E-state index contributed by atoms with van der Waals surface area (Å²) in [6.07, 6.45) is 4.68. The molecular weight excluding hydrogens is 262 g/mol. The van der Waals surface area contributed by atoms with E-state index in [1.165, 1.54) is 0 Å². The molecule has 4 heteroatoms. The third-order valence-corrected chi connectivity index (χ3v) is 3.17. The molecular formula is C17H23N3O. The second kappa shape index (κ2) is 7.64. The molecule has 21 heavy (non-hydrogen) atoms. The largest absolute Gasteiger partial charge is 0.455 e. The summed E-state index contributed by atoms with van der Waals surface area (Å²) < 4.78 is 6.00. The van der Waals surface area contributed by atoms with E-state index >= 15 is 0 Å². The molecule has 4 nitrogen and oxygen atoms in total. The van der Waals surface area contributed by atoms with Gasteiger partial charge in [0.1, 0.15) is 11.5 Å². The molecule has 0 radical (unpaired) electrons. The minimum atomic E-state index is 0.791. The van der Waals surface area contributed by atoms with Crippen LogP contribution in [0.5, 0.6) is 11.5 Å². The van der Waals surface area contributed by atoms with Crippen molar-refractivity contribution in [2.24, 2.45) is 0 Å². The number of ether oxygens (including phenoxy) is 1. The summed E-state index contributed by atoms with van der Waals surface area (Å²) in [5.74, 6) is 1.63. The average molecular weight is 285 g/mol. The number of anilines is 1. The van der Waals surface area contributed by atoms with E-state index in [9.17, 15) is 0 Å². The van der Waals surface area contributed by atoms with Gasteiger partial charge in [0.05, 0.1) is 6.20 Å². The highest BCUT2D eigenvalue weighted by Crippen LogP contribution is 2.27. The maximum atomic E-state index is 6.00. The van der Waals surface area contributed by atoms with E-state index in [1.807, 2.05) is 38.4 Å². The van der Waals surface area contributed by atoms with Crippen molar-refractivity contribution in [2.75, 3.05) is 25.5 Å². The Morgan fingerprint density at radius 3 is 2.86 bits per heavy atom. The summed E-state index contributed by atoms with van der Waals surface area (Å²) in [6.45, 7) is 3.95. The van der Waals surface area contributed by atoms with Crippen molar-refractivity contribution in [3.05, 3.63) is 48.3 Å². The van der Waals surface area contributed by atoms with Crippen LogP contribution >= 0.6 is 0 Å². The van der Waals surface area contributed by atoms with Crippen LogP contribution in [0.1, 0.15) is 18.9 Å². The van der Waals surface area contributed by atoms with E-state index in [-0.39, 0.29) is 0 Å². The predicted octanol–water partition coefficient (Wildman–Crippen LogP) is 3.44. The zero-order valence-corrected chi connectivity index (χ0v) is 13.0. The van der Waals surface area contributed by atoms with Crippen LogP contribution in [-0.4, -0.2) is 25.6 Å². The molecule has 2 aromatic rings. The van der Waals surface area contributed by atoms with Crippen LogP contribution in [0.2, 0.25) is 0 Å². The van der Waals surface area contributed by atoms with Gasteiger partial charge in [-0.1, -0.05) is 13.0 Å². The lowest BCUT2D eigenvalue weighted by molar-refractivity contribution is 0.470. The van der Waals surface area contributed by atoms with E-state index in [4.69, 9.17) is 4.74 Å². The summed E-state index contributed by atoms with van der Waals surface area (Å²) in [7, 11) is 4.03. The number of hydrogen-bond donors (Lipinski definition) is 1. The Hall–Kier alpha value is -2.07. The number of aromatic nitrogens is 1. The van der Waals surface area contributed by atoms with E-state index in [2.05, 4.69) is 28.2 Å². The molecule has 0 aliphatic heterocycles. The van der Waals surface area contributed by atoms with Gasteiger partial charge in [0, 0.05) is 44.2 Å². The second-order valence-electron chi connectivity index (χ2n) is 5.15. The number of nitrogens with one attached hydrogen (secondary N) is 1. The fourth-order valence-corrected chi connectivity index (χ4v) is 2.00. The van der Waals surface area contributed by atoms with Crippen molar-refractivity contribution in [1.82, 2.24) is 10.3 Å². The van der Waals surface area contributed by atoms with Gasteiger partial charge in [-0.05, 0) is 31.2 Å². The fraction of sp³-hybridized carbons (Fsp3) is 0.353. The molecule has 1 aromatic heterocycles. The number of hydrogen-bond acceptors (Lipinski definition) is 4. The van der Waals surface area contributed by atoms with E-state index in [0.717, 1.165) is 42.3 Å². The van der Waals surface area contributed by atoms with Crippen molar-refractivity contribution in [3.63, 3.8) is 0 Å². The van der Waals surface area contributed by atoms with Gasteiger partial charge in [0.25, 0.3) is 0 Å². The lowest BCUT2D eigenvalue weighted by Crippen LogP contribution is -2.14. The van der Waals surface area contributed by atoms with Crippen LogP contribution in [0, 0.1) is 0 Å². The Bertz CT molecular complexity index is 569. The van der Waals surface area contributed by atoms with E-state index in [0.29, 0.717) is 0 Å². The van der Waals surface area contributed by atoms with Gasteiger partial charge < -0.3 is 15.0 Å². The lowest BCUT2D eigenvalue weighted by atomic mass is 10.2. The molecule has 0 amide bonds. The normalized spacial score (nSPS) is 10.4. The standard InChI is InChI=1S/C17H23N3O/c1-4-9-18-12-14-8-10-19-13-17(14)21-16-7-5-6-15(11-16)20(2)3/h5-8,10-11,13,18H,4,9,12H2,1-3H3. The maximum Gasteiger partial charge on any atom is 0.150 e. The van der Waals surface area contributed by atoms with Crippen LogP contribution in [0.4, 0.5) is 5.69 Å². The van der Waals surface area contributed by atoms with Gasteiger partial charge in [0.2, 0.25) is 0 Å². The summed E-state index contributed by atoms with van der Waals surface area (Å²) in [5.41, 5.74) is 2.23. The molecule has 0 aliphatic rings. The molecule has 0 saturated heterocycles. The third kappa shape index (κ3) is 4.46. The molecule has 0 atom stereocenters. The van der Waals surface area contributed by atoms with Crippen LogP contribution in [0.3, 0.4) is 0 Å². The third-order valence-electron chi connectivity index (χ3n) is 3.17. The van der Waals surface area contributed by atoms with Crippen LogP contribution < -0.4 is 15.0 Å². The molecule has 0 saturated carbocycles. The lowest BCUT2D eigenvalue weighted by Gasteiger charge is -2.15. The van der Waals surface area contributed by atoms with Crippen molar-refractivity contribution in [1.29, 1.82) is 0 Å². The van der Waals surface area contributed by atoms with Crippen molar-refractivity contribution >= 4 is 5.69 Å². The van der Waals surface area contributed by atoms with Gasteiger partial charge in [-0.15, -0.1) is 0 Å². The number of benzene rings is 1. The Labute approximate surface area is 126 Å². The van der Waals surface area contributed by atoms with Gasteiger partial charge >= 0.3 is 0 Å². The van der Waals surface area contributed by atoms with Crippen LogP contribution in [0.25, 0.3) is 0 Å². The molecule has 112 valence electrons. The monoisotopic (exact) mass is 285 g/mol. The first kappa shape index (κ1) is 15.3. The molecule has 1 aromatic carbocycles. The number of pyridine rings is 1. The van der Waals surface area contributed by atoms with Gasteiger partial charge in [-0.3, -0.25) is 4.98 Å². The Morgan fingerprint density at radius 2 is 2.10 bits per heavy atom. The maximum absolute atomic E-state index is 6.00. The molecule has 0 spiro atoms. The highest BCUT2D eigenvalue weighted by molar-refractivity contribution is 5.50. The smallest absolute Gasteiger partial charge is 0.150 e. The molecule has 2 rings (SSSR count). The zero-order chi connectivity index (χ0) is 15.1. The first-order valence-electron chi connectivity index (χ1n) is 7.29. The summed E-state index contributed by atoms with van der Waals surface area (Å²) in [5, 5.41) is 3.39. The highest BCUT2D eigenvalue weighted by atomic mass is 16.5. The Morgan fingerprint density at radius 1 is 1.24 bits per heavy atom. The fourth-order valence-electron chi connectivity index (χ4n) is 2.00. The summed E-state index contributed by atoms with van der Waals surface area (Å²) in [6, 6.07) is 10.0.